The summed E-state index contributed by atoms with van der Waals surface area (Å²) >= 11 is 3.42. The number of hydrogen-bond donors (Lipinski definition) is 3. The Morgan fingerprint density at radius 3 is 2.65 bits per heavy atom. The summed E-state index contributed by atoms with van der Waals surface area (Å²) in [7, 11) is 0. The van der Waals surface area contributed by atoms with Gasteiger partial charge >= 0.3 is 11.8 Å². The topological polar surface area (TPSA) is 109 Å². The maximum absolute atomic E-state index is 12.1. The van der Waals surface area contributed by atoms with Crippen LogP contribution >= 0.6 is 15.9 Å². The molecule has 0 radical (unpaired) electrons. The van der Waals surface area contributed by atoms with Crippen LogP contribution in [0.1, 0.15) is 31.4 Å². The normalized spacial score (nSPS) is 11.6. The molecule has 3 amide bonds. The molecule has 0 unspecified atom stereocenters. The molecule has 0 saturated carbocycles. The van der Waals surface area contributed by atoms with E-state index >= 15 is 0 Å². The Morgan fingerprint density at radius 2 is 1.94 bits per heavy atom. The number of carbonyl (C=O) groups is 3. The number of halogens is 1. The maximum Gasteiger partial charge on any atom is 0.329 e. The summed E-state index contributed by atoms with van der Waals surface area (Å²) < 4.78 is 6.49. The van der Waals surface area contributed by atoms with Crippen LogP contribution in [0.2, 0.25) is 0 Å². The zero-order valence-corrected chi connectivity index (χ0v) is 19.2. The number of nitrogens with one attached hydrogen (secondary N) is 3. The standard InChI is InChI=1S/C22H25BrN4O4/c1-4-15(3)25-21(29)22(30)27-24-12-16-6-5-7-18(11-16)31-13-20(28)26-17-8-9-19(23)14(2)10-17/h5-12,15H,4,13H2,1-3H3,(H,25,29)(H,26,28)(H,27,30)/b24-12-/t15-/m1/s1. The molecule has 0 spiro atoms. The Morgan fingerprint density at radius 1 is 1.16 bits per heavy atom. The number of benzene rings is 2. The van der Waals surface area contributed by atoms with Gasteiger partial charge in [-0.2, -0.15) is 5.10 Å². The van der Waals surface area contributed by atoms with Crippen molar-refractivity contribution < 1.29 is 19.1 Å². The summed E-state index contributed by atoms with van der Waals surface area (Å²) in [6.07, 6.45) is 2.10. The molecule has 0 saturated heterocycles. The highest BCUT2D eigenvalue weighted by molar-refractivity contribution is 9.10. The van der Waals surface area contributed by atoms with Gasteiger partial charge in [0.05, 0.1) is 6.21 Å². The van der Waals surface area contributed by atoms with Crippen LogP contribution in [0.25, 0.3) is 0 Å². The third-order valence-electron chi connectivity index (χ3n) is 4.25. The molecule has 0 aromatic heterocycles. The van der Waals surface area contributed by atoms with Gasteiger partial charge in [0.25, 0.3) is 5.91 Å². The van der Waals surface area contributed by atoms with Crippen molar-refractivity contribution >= 4 is 45.6 Å². The van der Waals surface area contributed by atoms with E-state index in [2.05, 4.69) is 37.1 Å². The van der Waals surface area contributed by atoms with E-state index in [-0.39, 0.29) is 18.6 Å². The van der Waals surface area contributed by atoms with Crippen LogP contribution in [0.3, 0.4) is 0 Å². The van der Waals surface area contributed by atoms with E-state index in [1.165, 1.54) is 6.21 Å². The molecule has 0 aliphatic heterocycles. The monoisotopic (exact) mass is 488 g/mol. The number of rotatable bonds is 8. The summed E-state index contributed by atoms with van der Waals surface area (Å²) in [5, 5.41) is 9.10. The van der Waals surface area contributed by atoms with Crippen LogP contribution in [0.4, 0.5) is 5.69 Å². The second-order valence-electron chi connectivity index (χ2n) is 6.86. The van der Waals surface area contributed by atoms with Gasteiger partial charge in [0.2, 0.25) is 0 Å². The van der Waals surface area contributed by atoms with Crippen LogP contribution in [0.5, 0.6) is 5.75 Å². The van der Waals surface area contributed by atoms with E-state index in [0.29, 0.717) is 17.0 Å². The predicted molar refractivity (Wildman–Crippen MR) is 123 cm³/mol. The van der Waals surface area contributed by atoms with E-state index < -0.39 is 11.8 Å². The van der Waals surface area contributed by atoms with Crippen molar-refractivity contribution in [3.05, 3.63) is 58.1 Å². The van der Waals surface area contributed by atoms with Crippen LogP contribution in [0, 0.1) is 6.92 Å². The lowest BCUT2D eigenvalue weighted by Gasteiger charge is -2.09. The molecule has 0 aliphatic rings. The third kappa shape index (κ3) is 8.21. The van der Waals surface area contributed by atoms with Crippen LogP contribution < -0.4 is 20.8 Å². The highest BCUT2D eigenvalue weighted by Crippen LogP contribution is 2.20. The maximum atomic E-state index is 12.1. The van der Waals surface area contributed by atoms with Gasteiger partial charge in [-0.3, -0.25) is 14.4 Å². The summed E-state index contributed by atoms with van der Waals surface area (Å²) in [4.78, 5) is 35.5. The fraction of sp³-hybridized carbons (Fsp3) is 0.273. The zero-order valence-electron chi connectivity index (χ0n) is 17.6. The molecule has 0 aliphatic carbocycles. The Bertz CT molecular complexity index is 978. The van der Waals surface area contributed by atoms with Gasteiger partial charge in [0.15, 0.2) is 6.61 Å². The van der Waals surface area contributed by atoms with Gasteiger partial charge in [-0.1, -0.05) is 35.0 Å². The molecule has 1 atom stereocenters. The first-order valence-corrected chi connectivity index (χ1v) is 10.5. The summed E-state index contributed by atoms with van der Waals surface area (Å²) in [6, 6.07) is 12.2. The van der Waals surface area contributed by atoms with Gasteiger partial charge in [-0.15, -0.1) is 0 Å². The molecular weight excluding hydrogens is 464 g/mol. The molecule has 31 heavy (non-hydrogen) atoms. The number of hydrazone groups is 1. The highest BCUT2D eigenvalue weighted by atomic mass is 79.9. The van der Waals surface area contributed by atoms with E-state index in [1.807, 2.05) is 26.0 Å². The van der Waals surface area contributed by atoms with Crippen molar-refractivity contribution in [2.75, 3.05) is 11.9 Å². The predicted octanol–water partition coefficient (Wildman–Crippen LogP) is 3.14. The van der Waals surface area contributed by atoms with Crippen molar-refractivity contribution in [3.8, 4) is 5.75 Å². The first kappa shape index (κ1) is 24.1. The van der Waals surface area contributed by atoms with Gasteiger partial charge in [-0.25, -0.2) is 5.43 Å². The molecule has 164 valence electrons. The van der Waals surface area contributed by atoms with Crippen molar-refractivity contribution in [3.63, 3.8) is 0 Å². The van der Waals surface area contributed by atoms with Gasteiger partial charge in [-0.05, 0) is 61.7 Å². The summed E-state index contributed by atoms with van der Waals surface area (Å²) in [6.45, 7) is 5.48. The number of ether oxygens (including phenoxy) is 1. The lowest BCUT2D eigenvalue weighted by molar-refractivity contribution is -0.139. The first-order chi connectivity index (χ1) is 14.8. The zero-order chi connectivity index (χ0) is 22.8. The van der Waals surface area contributed by atoms with E-state index in [9.17, 15) is 14.4 Å². The van der Waals surface area contributed by atoms with E-state index in [4.69, 9.17) is 4.74 Å². The smallest absolute Gasteiger partial charge is 0.329 e. The van der Waals surface area contributed by atoms with E-state index in [1.54, 1.807) is 37.3 Å². The number of amides is 3. The number of aryl methyl sites for hydroxylation is 1. The molecule has 9 heteroatoms. The quantitative estimate of drug-likeness (QED) is 0.301. The molecule has 0 heterocycles. The molecular formula is C22H25BrN4O4. The Labute approximate surface area is 189 Å². The fourth-order valence-electron chi connectivity index (χ4n) is 2.36. The van der Waals surface area contributed by atoms with Gasteiger partial charge < -0.3 is 15.4 Å². The molecule has 8 nitrogen and oxygen atoms in total. The Kier molecular flexibility index (Phi) is 9.20. The molecule has 0 bridgehead atoms. The number of carbonyl (C=O) groups excluding carboxylic acids is 3. The van der Waals surface area contributed by atoms with Gasteiger partial charge in [0, 0.05) is 16.2 Å². The minimum atomic E-state index is -0.844. The van der Waals surface area contributed by atoms with Crippen molar-refractivity contribution in [1.82, 2.24) is 10.7 Å². The average molecular weight is 489 g/mol. The van der Waals surface area contributed by atoms with Crippen molar-refractivity contribution in [2.45, 2.75) is 33.2 Å². The number of anilines is 1. The van der Waals surface area contributed by atoms with E-state index in [0.717, 1.165) is 16.5 Å². The summed E-state index contributed by atoms with van der Waals surface area (Å²) in [5.41, 5.74) is 4.50. The largest absolute Gasteiger partial charge is 0.484 e. The molecule has 2 aromatic rings. The molecule has 2 rings (SSSR count). The minimum absolute atomic E-state index is 0.0963. The lowest BCUT2D eigenvalue weighted by atomic mass is 10.2. The van der Waals surface area contributed by atoms with Crippen LogP contribution in [-0.2, 0) is 14.4 Å². The molecule has 0 fully saturated rings. The molecule has 3 N–H and O–H groups in total. The van der Waals surface area contributed by atoms with Gasteiger partial charge in [0.1, 0.15) is 5.75 Å². The minimum Gasteiger partial charge on any atom is -0.484 e. The van der Waals surface area contributed by atoms with Crippen molar-refractivity contribution in [2.24, 2.45) is 5.10 Å². The summed E-state index contributed by atoms with van der Waals surface area (Å²) in [5.74, 6) is -1.41. The fourth-order valence-corrected chi connectivity index (χ4v) is 2.61. The second-order valence-corrected chi connectivity index (χ2v) is 7.71. The SMILES string of the molecule is CC[C@@H](C)NC(=O)C(=O)N/N=C\c1cccc(OCC(=O)Nc2ccc(Br)c(C)c2)c1. The van der Waals surface area contributed by atoms with Crippen molar-refractivity contribution in [1.29, 1.82) is 0 Å². The Balaban J connectivity index is 1.85. The number of nitrogens with zero attached hydrogens (tertiary/aromatic N) is 1. The van der Waals surface area contributed by atoms with Crippen LogP contribution in [0.15, 0.2) is 52.0 Å². The third-order valence-corrected chi connectivity index (χ3v) is 5.14. The first-order valence-electron chi connectivity index (χ1n) is 9.71. The number of hydrogen-bond acceptors (Lipinski definition) is 5. The highest BCUT2D eigenvalue weighted by Gasteiger charge is 2.14. The van der Waals surface area contributed by atoms with Crippen LogP contribution in [-0.4, -0.2) is 36.6 Å². The second kappa shape index (κ2) is 11.8. The average Bonchev–Trinajstić information content (AvgIpc) is 2.75. The molecule has 2 aromatic carbocycles. The lowest BCUT2D eigenvalue weighted by Crippen LogP contribution is -2.41. The Hall–Kier alpha value is -3.20.